The van der Waals surface area contributed by atoms with E-state index in [0.717, 1.165) is 25.9 Å². The summed E-state index contributed by atoms with van der Waals surface area (Å²) in [5.74, 6) is 0.513. The van der Waals surface area contributed by atoms with Gasteiger partial charge < -0.3 is 9.64 Å². The monoisotopic (exact) mass is 225 g/mol. The quantitative estimate of drug-likeness (QED) is 0.394. The number of nitrogens with zero attached hydrogens (tertiary/aromatic N) is 1. The molecule has 1 fully saturated rings. The van der Waals surface area contributed by atoms with Crippen molar-refractivity contribution >= 4 is 5.97 Å². The second kappa shape index (κ2) is 6.69. The van der Waals surface area contributed by atoms with Gasteiger partial charge >= 0.3 is 5.97 Å². The number of carbonyl (C=O) groups is 1. The molecular weight excluding hydrogens is 202 g/mol. The van der Waals surface area contributed by atoms with Crippen molar-refractivity contribution in [1.29, 1.82) is 0 Å². The average Bonchev–Trinajstić information content (AvgIpc) is 2.65. The fourth-order valence-electron chi connectivity index (χ4n) is 2.49. The second-order valence-corrected chi connectivity index (χ2v) is 4.68. The highest BCUT2D eigenvalue weighted by Gasteiger charge is 2.36. The van der Waals surface area contributed by atoms with Crippen molar-refractivity contribution in [2.75, 3.05) is 27.2 Å². The highest BCUT2D eigenvalue weighted by Crippen LogP contribution is 2.28. The zero-order valence-electron chi connectivity index (χ0n) is 10.4. The first kappa shape index (κ1) is 13.2. The summed E-state index contributed by atoms with van der Waals surface area (Å²) in [6, 6.07) is 0. The van der Waals surface area contributed by atoms with Gasteiger partial charge in [-0.2, -0.15) is 0 Å². The van der Waals surface area contributed by atoms with E-state index in [1.54, 1.807) is 0 Å². The van der Waals surface area contributed by atoms with Gasteiger partial charge in [0.05, 0.1) is 13.0 Å². The SMILES string of the molecule is C=CCCCC[C@H]1CN(C)C[C@@H]1C(=O)OC. The molecule has 0 unspecified atom stereocenters. The maximum atomic E-state index is 11.6. The molecule has 0 N–H and O–H groups in total. The largest absolute Gasteiger partial charge is 0.469 e. The molecule has 3 heteroatoms. The van der Waals surface area contributed by atoms with Gasteiger partial charge in [-0.3, -0.25) is 4.79 Å². The fourth-order valence-corrected chi connectivity index (χ4v) is 2.49. The number of allylic oxidation sites excluding steroid dienone is 1. The van der Waals surface area contributed by atoms with Gasteiger partial charge in [0.2, 0.25) is 0 Å². The van der Waals surface area contributed by atoms with E-state index in [2.05, 4.69) is 18.5 Å². The Bertz CT molecular complexity index is 240. The molecule has 0 bridgehead atoms. The van der Waals surface area contributed by atoms with Gasteiger partial charge in [-0.25, -0.2) is 0 Å². The molecule has 2 atom stereocenters. The molecule has 1 rings (SSSR count). The predicted octanol–water partition coefficient (Wildman–Crippen LogP) is 2.08. The summed E-state index contributed by atoms with van der Waals surface area (Å²) in [7, 11) is 3.55. The molecule has 0 aromatic heterocycles. The van der Waals surface area contributed by atoms with Gasteiger partial charge in [0.1, 0.15) is 0 Å². The van der Waals surface area contributed by atoms with Crippen LogP contribution in [0.3, 0.4) is 0 Å². The molecule has 16 heavy (non-hydrogen) atoms. The zero-order chi connectivity index (χ0) is 12.0. The molecule has 1 aliphatic rings. The highest BCUT2D eigenvalue weighted by molar-refractivity contribution is 5.73. The van der Waals surface area contributed by atoms with Crippen molar-refractivity contribution in [2.24, 2.45) is 11.8 Å². The van der Waals surface area contributed by atoms with Crippen molar-refractivity contribution in [3.8, 4) is 0 Å². The lowest BCUT2D eigenvalue weighted by atomic mass is 9.91. The Morgan fingerprint density at radius 1 is 1.50 bits per heavy atom. The summed E-state index contributed by atoms with van der Waals surface area (Å²) < 4.78 is 4.86. The Balaban J connectivity index is 2.37. The van der Waals surface area contributed by atoms with Crippen LogP contribution in [-0.4, -0.2) is 38.1 Å². The van der Waals surface area contributed by atoms with Crippen molar-refractivity contribution in [3.05, 3.63) is 12.7 Å². The lowest BCUT2D eigenvalue weighted by Crippen LogP contribution is -2.24. The van der Waals surface area contributed by atoms with E-state index >= 15 is 0 Å². The van der Waals surface area contributed by atoms with E-state index in [0.29, 0.717) is 5.92 Å². The lowest BCUT2D eigenvalue weighted by Gasteiger charge is -2.15. The molecule has 0 radical (unpaired) electrons. The Morgan fingerprint density at radius 3 is 2.88 bits per heavy atom. The van der Waals surface area contributed by atoms with E-state index in [9.17, 15) is 4.79 Å². The van der Waals surface area contributed by atoms with E-state index in [4.69, 9.17) is 4.74 Å². The van der Waals surface area contributed by atoms with Crippen molar-refractivity contribution in [2.45, 2.75) is 25.7 Å². The van der Waals surface area contributed by atoms with Crippen LogP contribution in [0.5, 0.6) is 0 Å². The first-order valence-corrected chi connectivity index (χ1v) is 6.06. The van der Waals surface area contributed by atoms with Gasteiger partial charge in [-0.05, 0) is 32.2 Å². The van der Waals surface area contributed by atoms with Crippen molar-refractivity contribution in [3.63, 3.8) is 0 Å². The summed E-state index contributed by atoms with van der Waals surface area (Å²) in [6.45, 7) is 5.58. The Morgan fingerprint density at radius 2 is 2.25 bits per heavy atom. The van der Waals surface area contributed by atoms with Crippen LogP contribution in [0, 0.1) is 11.8 Å². The van der Waals surface area contributed by atoms with Crippen LogP contribution in [0.4, 0.5) is 0 Å². The van der Waals surface area contributed by atoms with Crippen LogP contribution in [-0.2, 0) is 9.53 Å². The number of ether oxygens (including phenoxy) is 1. The molecule has 0 aliphatic carbocycles. The minimum atomic E-state index is -0.0435. The first-order chi connectivity index (χ1) is 7.69. The third-order valence-corrected chi connectivity index (χ3v) is 3.36. The van der Waals surface area contributed by atoms with Crippen molar-refractivity contribution in [1.82, 2.24) is 4.90 Å². The molecule has 0 aromatic carbocycles. The van der Waals surface area contributed by atoms with E-state index in [1.807, 2.05) is 6.08 Å². The number of methoxy groups -OCH3 is 1. The first-order valence-electron chi connectivity index (χ1n) is 6.06. The smallest absolute Gasteiger partial charge is 0.310 e. The maximum Gasteiger partial charge on any atom is 0.310 e. The van der Waals surface area contributed by atoms with Gasteiger partial charge in [-0.15, -0.1) is 6.58 Å². The highest BCUT2D eigenvalue weighted by atomic mass is 16.5. The topological polar surface area (TPSA) is 29.5 Å². The molecular formula is C13H23NO2. The summed E-state index contributed by atoms with van der Waals surface area (Å²) in [5, 5.41) is 0. The zero-order valence-corrected chi connectivity index (χ0v) is 10.4. The molecule has 0 aromatic rings. The van der Waals surface area contributed by atoms with Gasteiger partial charge in [-0.1, -0.05) is 12.5 Å². The standard InChI is InChI=1S/C13H23NO2/c1-4-5-6-7-8-11-9-14(2)10-12(11)13(15)16-3/h4,11-12H,1,5-10H2,2-3H3/t11-,12-/m0/s1. The number of hydrogen-bond acceptors (Lipinski definition) is 3. The van der Waals surface area contributed by atoms with E-state index < -0.39 is 0 Å². The number of carbonyl (C=O) groups excluding carboxylic acids is 1. The Hall–Kier alpha value is -0.830. The molecule has 1 saturated heterocycles. The molecule has 92 valence electrons. The predicted molar refractivity (Wildman–Crippen MR) is 65.2 cm³/mol. The lowest BCUT2D eigenvalue weighted by molar-refractivity contribution is -0.146. The summed E-state index contributed by atoms with van der Waals surface area (Å²) >= 11 is 0. The van der Waals surface area contributed by atoms with Crippen LogP contribution in [0.2, 0.25) is 0 Å². The summed E-state index contributed by atoms with van der Waals surface area (Å²) in [6.07, 6.45) is 6.51. The maximum absolute atomic E-state index is 11.6. The normalized spacial score (nSPS) is 25.6. The summed E-state index contributed by atoms with van der Waals surface area (Å²) in [5.41, 5.74) is 0. The van der Waals surface area contributed by atoms with Crippen LogP contribution < -0.4 is 0 Å². The number of esters is 1. The third-order valence-electron chi connectivity index (χ3n) is 3.36. The molecule has 0 spiro atoms. The molecule has 0 saturated carbocycles. The van der Waals surface area contributed by atoms with Crippen molar-refractivity contribution < 1.29 is 9.53 Å². The molecule has 1 heterocycles. The van der Waals surface area contributed by atoms with E-state index in [-0.39, 0.29) is 11.9 Å². The molecule has 3 nitrogen and oxygen atoms in total. The van der Waals surface area contributed by atoms with E-state index in [1.165, 1.54) is 20.0 Å². The summed E-state index contributed by atoms with van der Waals surface area (Å²) in [4.78, 5) is 13.8. The minimum Gasteiger partial charge on any atom is -0.469 e. The number of unbranched alkanes of at least 4 members (excludes halogenated alkanes) is 2. The number of likely N-dealkylation sites (tertiary alicyclic amines) is 1. The Labute approximate surface area is 98.5 Å². The molecule has 1 aliphatic heterocycles. The number of rotatable bonds is 6. The molecule has 0 amide bonds. The van der Waals surface area contributed by atoms with Gasteiger partial charge in [0, 0.05) is 13.1 Å². The van der Waals surface area contributed by atoms with Crippen LogP contribution in [0.15, 0.2) is 12.7 Å². The van der Waals surface area contributed by atoms with Crippen LogP contribution in [0.25, 0.3) is 0 Å². The second-order valence-electron chi connectivity index (χ2n) is 4.68. The Kier molecular flexibility index (Phi) is 5.53. The van der Waals surface area contributed by atoms with Crippen LogP contribution >= 0.6 is 0 Å². The third kappa shape index (κ3) is 3.63. The van der Waals surface area contributed by atoms with Gasteiger partial charge in [0.15, 0.2) is 0 Å². The minimum absolute atomic E-state index is 0.0435. The van der Waals surface area contributed by atoms with Gasteiger partial charge in [0.25, 0.3) is 0 Å². The average molecular weight is 225 g/mol. The fraction of sp³-hybridized carbons (Fsp3) is 0.769. The van der Waals surface area contributed by atoms with Crippen LogP contribution in [0.1, 0.15) is 25.7 Å². The number of hydrogen-bond donors (Lipinski definition) is 0.